The Bertz CT molecular complexity index is 252. The predicted octanol–water partition coefficient (Wildman–Crippen LogP) is 5.34. The molecular formula is C16H28F2. The lowest BCUT2D eigenvalue weighted by Crippen LogP contribution is -2.28. The quantitative estimate of drug-likeness (QED) is 0.584. The van der Waals surface area contributed by atoms with Gasteiger partial charge in [0.2, 0.25) is 0 Å². The van der Waals surface area contributed by atoms with Crippen molar-refractivity contribution in [1.29, 1.82) is 0 Å². The second-order valence-corrected chi connectivity index (χ2v) is 6.40. The molecule has 0 aliphatic heterocycles. The summed E-state index contributed by atoms with van der Waals surface area (Å²) >= 11 is 0. The van der Waals surface area contributed by atoms with Crippen molar-refractivity contribution in [3.8, 4) is 0 Å². The third-order valence-electron chi connectivity index (χ3n) is 4.19. The molecule has 0 radical (unpaired) electrons. The van der Waals surface area contributed by atoms with Crippen LogP contribution in [0.4, 0.5) is 8.78 Å². The van der Waals surface area contributed by atoms with Gasteiger partial charge in [-0.15, -0.1) is 0 Å². The van der Waals surface area contributed by atoms with E-state index in [1.807, 2.05) is 6.08 Å². The molecule has 106 valence electrons. The predicted molar refractivity (Wildman–Crippen MR) is 74.1 cm³/mol. The lowest BCUT2D eigenvalue weighted by molar-refractivity contribution is 0.0986. The highest BCUT2D eigenvalue weighted by molar-refractivity contribution is 4.97. The van der Waals surface area contributed by atoms with Crippen molar-refractivity contribution < 1.29 is 8.78 Å². The number of hydrogen-bond acceptors (Lipinski definition) is 0. The van der Waals surface area contributed by atoms with Crippen LogP contribution in [-0.4, -0.2) is 12.3 Å². The molecule has 0 nitrogen and oxygen atoms in total. The minimum absolute atomic E-state index is 0.244. The Kier molecular flexibility index (Phi) is 6.31. The van der Waals surface area contributed by atoms with Crippen LogP contribution in [0.5, 0.6) is 0 Å². The topological polar surface area (TPSA) is 0 Å². The third-order valence-corrected chi connectivity index (χ3v) is 4.19. The molecule has 0 amide bonds. The monoisotopic (exact) mass is 258 g/mol. The molecule has 0 bridgehead atoms. The van der Waals surface area contributed by atoms with Crippen molar-refractivity contribution in [3.63, 3.8) is 0 Å². The molecule has 0 N–H and O–H groups in total. The van der Waals surface area contributed by atoms with Gasteiger partial charge in [0.15, 0.2) is 0 Å². The highest BCUT2D eigenvalue weighted by Gasteiger charge is 2.27. The summed E-state index contributed by atoms with van der Waals surface area (Å²) < 4.78 is 27.4. The first-order chi connectivity index (χ1) is 8.41. The van der Waals surface area contributed by atoms with E-state index in [0.717, 1.165) is 5.92 Å². The van der Waals surface area contributed by atoms with Gasteiger partial charge in [0, 0.05) is 5.92 Å². The van der Waals surface area contributed by atoms with Crippen LogP contribution in [0.3, 0.4) is 0 Å². The van der Waals surface area contributed by atoms with Gasteiger partial charge < -0.3 is 0 Å². The highest BCUT2D eigenvalue weighted by Crippen LogP contribution is 2.30. The molecule has 1 saturated carbocycles. The Morgan fingerprint density at radius 2 is 1.50 bits per heavy atom. The van der Waals surface area contributed by atoms with E-state index in [1.165, 1.54) is 25.7 Å². The van der Waals surface area contributed by atoms with Crippen LogP contribution in [0.25, 0.3) is 0 Å². The molecule has 0 heterocycles. The molecule has 3 atom stereocenters. The molecule has 1 aliphatic carbocycles. The smallest absolute Gasteiger partial charge is 0.137 e. The Hall–Kier alpha value is -0.400. The average molecular weight is 258 g/mol. The van der Waals surface area contributed by atoms with Gasteiger partial charge in [0.1, 0.15) is 12.3 Å². The minimum atomic E-state index is -1.37. The molecule has 3 unspecified atom stereocenters. The van der Waals surface area contributed by atoms with Crippen molar-refractivity contribution in [2.24, 2.45) is 23.7 Å². The number of alkyl halides is 2. The van der Waals surface area contributed by atoms with Gasteiger partial charge in [-0.3, -0.25) is 0 Å². The molecule has 0 saturated heterocycles. The van der Waals surface area contributed by atoms with Crippen molar-refractivity contribution in [3.05, 3.63) is 12.2 Å². The maximum Gasteiger partial charge on any atom is 0.137 e. The van der Waals surface area contributed by atoms with Gasteiger partial charge in [0.25, 0.3) is 0 Å². The Balaban J connectivity index is 2.41. The highest BCUT2D eigenvalue weighted by atomic mass is 19.2. The van der Waals surface area contributed by atoms with Crippen molar-refractivity contribution in [2.75, 3.05) is 0 Å². The summed E-state index contributed by atoms with van der Waals surface area (Å²) in [5, 5.41) is 0. The first-order valence-electron chi connectivity index (χ1n) is 7.38. The fourth-order valence-corrected chi connectivity index (χ4v) is 2.57. The van der Waals surface area contributed by atoms with E-state index in [0.29, 0.717) is 5.92 Å². The van der Waals surface area contributed by atoms with Crippen molar-refractivity contribution in [1.82, 2.24) is 0 Å². The summed E-state index contributed by atoms with van der Waals surface area (Å²) in [4.78, 5) is 0. The van der Waals surface area contributed by atoms with Crippen molar-refractivity contribution in [2.45, 2.75) is 65.7 Å². The fraction of sp³-hybridized carbons (Fsp3) is 0.875. The standard InChI is InChI=1S/C16H28F2/c1-11(2)15(17)16(18)13(4)7-10-14-8-5-12(3)6-9-14/h7,10-16H,5-6,8-9H2,1-4H3/b10-7+. The van der Waals surface area contributed by atoms with Gasteiger partial charge >= 0.3 is 0 Å². The zero-order chi connectivity index (χ0) is 13.7. The van der Waals surface area contributed by atoms with Crippen LogP contribution < -0.4 is 0 Å². The van der Waals surface area contributed by atoms with Gasteiger partial charge in [0.05, 0.1) is 0 Å². The van der Waals surface area contributed by atoms with E-state index in [9.17, 15) is 8.78 Å². The van der Waals surface area contributed by atoms with Crippen molar-refractivity contribution >= 4 is 0 Å². The van der Waals surface area contributed by atoms with Crippen LogP contribution in [0.15, 0.2) is 12.2 Å². The lowest BCUT2D eigenvalue weighted by atomic mass is 9.82. The lowest BCUT2D eigenvalue weighted by Gasteiger charge is -2.25. The second-order valence-electron chi connectivity index (χ2n) is 6.40. The van der Waals surface area contributed by atoms with Crippen LogP contribution in [0, 0.1) is 23.7 Å². The Morgan fingerprint density at radius 3 is 2.00 bits per heavy atom. The van der Waals surface area contributed by atoms with Crippen LogP contribution in [0.1, 0.15) is 53.4 Å². The van der Waals surface area contributed by atoms with Crippen LogP contribution >= 0.6 is 0 Å². The molecular weight excluding hydrogens is 230 g/mol. The summed E-state index contributed by atoms with van der Waals surface area (Å²) in [5.74, 6) is 0.846. The van der Waals surface area contributed by atoms with Crippen LogP contribution in [0.2, 0.25) is 0 Å². The molecule has 1 rings (SSSR count). The zero-order valence-electron chi connectivity index (χ0n) is 12.2. The summed E-state index contributed by atoms with van der Waals surface area (Å²) in [6, 6.07) is 0. The van der Waals surface area contributed by atoms with E-state index in [4.69, 9.17) is 0 Å². The molecule has 0 aromatic heterocycles. The normalized spacial score (nSPS) is 30.6. The number of rotatable bonds is 5. The largest absolute Gasteiger partial charge is 0.244 e. The summed E-state index contributed by atoms with van der Waals surface area (Å²) in [7, 11) is 0. The number of hydrogen-bond donors (Lipinski definition) is 0. The SMILES string of the molecule is CC1CCC(/C=C/C(C)C(F)C(F)C(C)C)CC1. The molecule has 0 aromatic carbocycles. The Morgan fingerprint density at radius 1 is 0.944 bits per heavy atom. The maximum atomic E-state index is 13.8. The number of allylic oxidation sites excluding steroid dienone is 2. The molecule has 2 heteroatoms. The first kappa shape index (κ1) is 15.7. The molecule has 1 fully saturated rings. The molecule has 0 aromatic rings. The summed E-state index contributed by atoms with van der Waals surface area (Å²) in [5.41, 5.74) is 0. The van der Waals surface area contributed by atoms with E-state index in [-0.39, 0.29) is 11.8 Å². The van der Waals surface area contributed by atoms with E-state index < -0.39 is 12.3 Å². The van der Waals surface area contributed by atoms with E-state index in [2.05, 4.69) is 13.0 Å². The Labute approximate surface area is 111 Å². The van der Waals surface area contributed by atoms with Gasteiger partial charge in [-0.25, -0.2) is 8.78 Å². The zero-order valence-corrected chi connectivity index (χ0v) is 12.2. The number of halogens is 2. The molecule has 1 aliphatic rings. The van der Waals surface area contributed by atoms with E-state index in [1.54, 1.807) is 20.8 Å². The minimum Gasteiger partial charge on any atom is -0.244 e. The van der Waals surface area contributed by atoms with Gasteiger partial charge in [-0.05, 0) is 30.6 Å². The van der Waals surface area contributed by atoms with Gasteiger partial charge in [-0.2, -0.15) is 0 Å². The maximum absolute atomic E-state index is 13.8. The first-order valence-corrected chi connectivity index (χ1v) is 7.38. The van der Waals surface area contributed by atoms with Crippen LogP contribution in [-0.2, 0) is 0 Å². The summed E-state index contributed by atoms with van der Waals surface area (Å²) in [6.45, 7) is 7.53. The fourth-order valence-electron chi connectivity index (χ4n) is 2.57. The average Bonchev–Trinajstić information content (AvgIpc) is 2.35. The summed E-state index contributed by atoms with van der Waals surface area (Å²) in [6.07, 6.45) is 6.21. The second kappa shape index (κ2) is 7.25. The molecule has 0 spiro atoms. The molecule has 18 heavy (non-hydrogen) atoms. The third kappa shape index (κ3) is 4.70. The van der Waals surface area contributed by atoms with Gasteiger partial charge in [-0.1, -0.05) is 52.7 Å². The van der Waals surface area contributed by atoms with E-state index >= 15 is 0 Å².